The molecule has 9 unspecified atom stereocenters. The lowest BCUT2D eigenvalue weighted by atomic mass is 9.90. The normalized spacial score (nSPS) is 17.7. The van der Waals surface area contributed by atoms with Crippen molar-refractivity contribution in [2.45, 2.75) is 122 Å². The number of likely N-dealkylation sites (N-methyl/N-ethyl adjacent to an activating group) is 2. The summed E-state index contributed by atoms with van der Waals surface area (Å²) in [5, 5.41) is 7.38. The fourth-order valence-corrected chi connectivity index (χ4v) is 9.55. The van der Waals surface area contributed by atoms with Gasteiger partial charge in [0.2, 0.25) is 23.6 Å². The van der Waals surface area contributed by atoms with Crippen molar-refractivity contribution < 1.29 is 56.0 Å². The molecule has 0 bridgehead atoms. The van der Waals surface area contributed by atoms with Crippen LogP contribution in [0.15, 0.2) is 54.6 Å². The van der Waals surface area contributed by atoms with Gasteiger partial charge in [-0.1, -0.05) is 95.6 Å². The highest BCUT2D eigenvalue weighted by molar-refractivity contribution is 7.89. The number of rotatable bonds is 25. The Labute approximate surface area is 396 Å². The average Bonchev–Trinajstić information content (AvgIpc) is 3.76. The zero-order valence-corrected chi connectivity index (χ0v) is 41.1. The van der Waals surface area contributed by atoms with Crippen LogP contribution in [0.3, 0.4) is 0 Å². The number of ether oxygens (including phenoxy) is 2. The molecular formula is C47H70F3N7O9S. The first-order valence-corrected chi connectivity index (χ1v) is 23.9. The molecule has 1 aliphatic heterocycles. The molecule has 2 aromatic rings. The molecule has 2 aromatic carbocycles. The van der Waals surface area contributed by atoms with Crippen molar-refractivity contribution in [1.82, 2.24) is 35.4 Å². The Balaban J connectivity index is 1.72. The van der Waals surface area contributed by atoms with Crippen molar-refractivity contribution in [3.05, 3.63) is 71.3 Å². The summed E-state index contributed by atoms with van der Waals surface area (Å²) in [6.07, 6.45) is -4.67. The van der Waals surface area contributed by atoms with Crippen molar-refractivity contribution in [2.75, 3.05) is 48.5 Å². The smallest absolute Gasteiger partial charge is 0.471 e. The maximum Gasteiger partial charge on any atom is 0.471 e. The second kappa shape index (κ2) is 26.7. The Morgan fingerprint density at radius 1 is 0.866 bits per heavy atom. The van der Waals surface area contributed by atoms with E-state index in [2.05, 4.69) is 15.4 Å². The van der Waals surface area contributed by atoms with Gasteiger partial charge >= 0.3 is 12.1 Å². The molecule has 0 radical (unpaired) electrons. The molecule has 1 heterocycles. The minimum absolute atomic E-state index is 0.0181. The third-order valence-electron chi connectivity index (χ3n) is 12.3. The van der Waals surface area contributed by atoms with Crippen LogP contribution in [0.2, 0.25) is 0 Å². The number of carbonyl (C=O) groups excluding carboxylic acids is 6. The Hall–Kier alpha value is -4.76. The molecule has 0 aromatic heterocycles. The highest BCUT2D eigenvalue weighted by atomic mass is 32.2. The first-order chi connectivity index (χ1) is 31.5. The second-order valence-electron chi connectivity index (χ2n) is 17.7. The van der Waals surface area contributed by atoms with Crippen molar-refractivity contribution in [3.63, 3.8) is 0 Å². The van der Waals surface area contributed by atoms with Crippen LogP contribution >= 0.6 is 0 Å². The molecule has 1 saturated heterocycles. The summed E-state index contributed by atoms with van der Waals surface area (Å²) in [5.41, 5.74) is 1.59. The van der Waals surface area contributed by atoms with Gasteiger partial charge in [0.15, 0.2) is 5.75 Å². The van der Waals surface area contributed by atoms with Crippen LogP contribution in [0.1, 0.15) is 77.0 Å². The summed E-state index contributed by atoms with van der Waals surface area (Å²) in [4.78, 5) is 84.9. The minimum atomic E-state index is -5.02. The quantitative estimate of drug-likeness (QED) is 0.107. The maximum atomic E-state index is 14.3. The van der Waals surface area contributed by atoms with E-state index in [9.17, 15) is 46.5 Å². The number of likely N-dealkylation sites (tertiary alicyclic amines) is 1. The van der Waals surface area contributed by atoms with E-state index in [-0.39, 0.29) is 61.2 Å². The summed E-state index contributed by atoms with van der Waals surface area (Å²) in [5.74, 6) is -5.24. The van der Waals surface area contributed by atoms with Crippen LogP contribution in [-0.4, -0.2) is 146 Å². The zero-order valence-electron chi connectivity index (χ0n) is 40.3. The van der Waals surface area contributed by atoms with Gasteiger partial charge in [0.1, 0.15) is 6.04 Å². The van der Waals surface area contributed by atoms with Crippen molar-refractivity contribution >= 4 is 46.8 Å². The predicted molar refractivity (Wildman–Crippen MR) is 248 cm³/mol. The van der Waals surface area contributed by atoms with Crippen molar-refractivity contribution in [2.24, 2.45) is 17.8 Å². The molecule has 374 valence electrons. The number of carbonyl (C=O) groups is 6. The van der Waals surface area contributed by atoms with Gasteiger partial charge in [-0.05, 0) is 49.9 Å². The van der Waals surface area contributed by atoms with Gasteiger partial charge < -0.3 is 39.8 Å². The third kappa shape index (κ3) is 16.8. The van der Waals surface area contributed by atoms with Crippen LogP contribution in [-0.2, 0) is 68.3 Å². The summed E-state index contributed by atoms with van der Waals surface area (Å²) < 4.78 is 65.2. The molecule has 6 amide bonds. The molecule has 67 heavy (non-hydrogen) atoms. The third-order valence-corrected chi connectivity index (χ3v) is 13.4. The van der Waals surface area contributed by atoms with Gasteiger partial charge in [-0.15, -0.1) is 0 Å². The maximum absolute atomic E-state index is 14.3. The number of hydrogen-bond donors (Lipinski definition) is 4. The van der Waals surface area contributed by atoms with E-state index in [4.69, 9.17) is 9.47 Å². The first-order valence-electron chi connectivity index (χ1n) is 22.5. The van der Waals surface area contributed by atoms with E-state index < -0.39 is 77.6 Å². The number of methoxy groups -OCH3 is 2. The Bertz CT molecular complexity index is 1920. The van der Waals surface area contributed by atoms with E-state index in [0.717, 1.165) is 5.56 Å². The van der Waals surface area contributed by atoms with E-state index in [0.29, 0.717) is 36.9 Å². The highest BCUT2D eigenvalue weighted by Crippen LogP contribution is 2.29. The summed E-state index contributed by atoms with van der Waals surface area (Å²) in [6, 6.07) is 12.3. The van der Waals surface area contributed by atoms with Crippen LogP contribution in [0, 0.1) is 17.8 Å². The molecule has 3 rings (SSSR count). The van der Waals surface area contributed by atoms with Gasteiger partial charge in [-0.2, -0.15) is 17.9 Å². The lowest BCUT2D eigenvalue weighted by molar-refractivity contribution is -0.173. The summed E-state index contributed by atoms with van der Waals surface area (Å²) >= 11 is -1.97. The first kappa shape index (κ1) is 56.6. The summed E-state index contributed by atoms with van der Waals surface area (Å²) in [6.45, 7) is 9.28. The molecule has 4 N–H and O–H groups in total. The number of amides is 6. The predicted octanol–water partition coefficient (Wildman–Crippen LogP) is 3.50. The van der Waals surface area contributed by atoms with E-state index in [1.165, 1.54) is 38.5 Å². The van der Waals surface area contributed by atoms with Crippen LogP contribution in [0.25, 0.3) is 0 Å². The van der Waals surface area contributed by atoms with Crippen molar-refractivity contribution in [3.8, 4) is 0 Å². The minimum Gasteiger partial charge on any atom is -0.593 e. The standard InChI is InChI=1S/C47H70F3N7O9S/c1-11-30(4)41(56(8)39(59)27-51-45(62)40(29(2)3)55(6)7)37(65-9)25-38(58)57-23-15-18-36(57)42(66-10)31(5)43(60)53-35(24-32-16-13-12-14-17-32)44(61)54-67(64)28-34-21-19-33(20-22-34)26-52-46(63)47(48,49)50/h12-14,16-17,19-22,29-31,35-37,40-42H,11,15,18,23-28H2,1-10H3,(H,51,62)(H,52,63)(H,53,60)(H,54,61). The van der Waals surface area contributed by atoms with Gasteiger partial charge in [0.05, 0.1) is 60.6 Å². The lowest BCUT2D eigenvalue weighted by Gasteiger charge is -2.39. The number of nitrogens with zero attached hydrogens (tertiary/aromatic N) is 3. The number of alkyl halides is 3. The highest BCUT2D eigenvalue weighted by Gasteiger charge is 2.43. The van der Waals surface area contributed by atoms with Crippen molar-refractivity contribution in [1.29, 1.82) is 0 Å². The van der Waals surface area contributed by atoms with Crippen LogP contribution in [0.4, 0.5) is 13.2 Å². The summed E-state index contributed by atoms with van der Waals surface area (Å²) in [7, 11) is 8.22. The number of nitrogens with one attached hydrogen (secondary N) is 4. The topological polar surface area (TPSA) is 202 Å². The number of hydrogen-bond acceptors (Lipinski definition) is 10. The Kier molecular flexibility index (Phi) is 22.5. The van der Waals surface area contributed by atoms with Crippen LogP contribution < -0.4 is 20.7 Å². The number of benzene rings is 2. The second-order valence-corrected chi connectivity index (χ2v) is 18.9. The molecule has 0 spiro atoms. The Morgan fingerprint density at radius 2 is 1.49 bits per heavy atom. The number of halogens is 3. The van der Waals surface area contributed by atoms with Gasteiger partial charge in [0.25, 0.3) is 5.91 Å². The largest absolute Gasteiger partial charge is 0.593 e. The van der Waals surface area contributed by atoms with Crippen LogP contribution in [0.5, 0.6) is 0 Å². The SMILES string of the molecule is CCC(C)C(C(CC(=O)N1CCCC1C(OC)C(C)C(=O)NC(Cc1ccccc1)C(=O)N[S+]([O-])Cc1ccc(CNC(=O)C(F)(F)F)cc1)OC)N(C)C(=O)CNC(=O)C(C(C)C)N(C)C. The molecule has 1 aliphatic rings. The van der Waals surface area contributed by atoms with E-state index >= 15 is 0 Å². The molecule has 9 atom stereocenters. The van der Waals surface area contributed by atoms with E-state index in [1.807, 2.05) is 46.7 Å². The van der Waals surface area contributed by atoms with Gasteiger partial charge in [0, 0.05) is 46.3 Å². The molecule has 16 nitrogen and oxygen atoms in total. The lowest BCUT2D eigenvalue weighted by Crippen LogP contribution is -2.56. The molecule has 0 saturated carbocycles. The fourth-order valence-electron chi connectivity index (χ4n) is 8.62. The average molecular weight is 966 g/mol. The molecule has 1 fully saturated rings. The zero-order chi connectivity index (χ0) is 50.2. The van der Waals surface area contributed by atoms with Gasteiger partial charge in [-0.25, -0.2) is 0 Å². The van der Waals surface area contributed by atoms with Gasteiger partial charge in [-0.3, -0.25) is 33.7 Å². The fraction of sp³-hybridized carbons (Fsp3) is 0.617. The van der Waals surface area contributed by atoms with E-state index in [1.54, 1.807) is 59.4 Å². The molecule has 0 aliphatic carbocycles. The molecular weight excluding hydrogens is 896 g/mol. The Morgan fingerprint density at radius 3 is 2.04 bits per heavy atom. The molecule has 20 heteroatoms. The monoisotopic (exact) mass is 965 g/mol.